The molecule has 0 fully saturated rings. The summed E-state index contributed by atoms with van der Waals surface area (Å²) in [5.74, 6) is 0.787. The zero-order valence-electron chi connectivity index (χ0n) is 12.8. The first-order valence-corrected chi connectivity index (χ1v) is 9.34. The van der Waals surface area contributed by atoms with Gasteiger partial charge in [0.05, 0.1) is 5.69 Å². The molecular formula is C17H15N5S2. The largest absolute Gasteiger partial charge is 0.356 e. The van der Waals surface area contributed by atoms with E-state index in [1.807, 2.05) is 47.0 Å². The van der Waals surface area contributed by atoms with E-state index in [-0.39, 0.29) is 0 Å². The first-order chi connectivity index (χ1) is 11.9. The Hall–Kier alpha value is -2.38. The van der Waals surface area contributed by atoms with Crippen molar-refractivity contribution in [2.45, 2.75) is 16.6 Å². The van der Waals surface area contributed by atoms with Gasteiger partial charge in [-0.2, -0.15) is 0 Å². The van der Waals surface area contributed by atoms with Gasteiger partial charge in [-0.3, -0.25) is 0 Å². The summed E-state index contributed by atoms with van der Waals surface area (Å²) < 4.78 is 2.98. The first-order valence-electron chi connectivity index (χ1n) is 7.53. The molecule has 3 heterocycles. The predicted octanol–water partition coefficient (Wildman–Crippen LogP) is 4.09. The van der Waals surface area contributed by atoms with Crippen LogP contribution >= 0.6 is 23.1 Å². The first kappa shape index (κ1) is 15.2. The molecule has 1 aromatic carbocycles. The van der Waals surface area contributed by atoms with Gasteiger partial charge in [-0.05, 0) is 17.7 Å². The quantitative estimate of drug-likeness (QED) is 0.529. The van der Waals surface area contributed by atoms with E-state index in [4.69, 9.17) is 0 Å². The molecule has 0 spiro atoms. The summed E-state index contributed by atoms with van der Waals surface area (Å²) in [6.07, 6.45) is 4.06. The number of nitrogens with zero attached hydrogens (tertiary/aromatic N) is 4. The van der Waals surface area contributed by atoms with E-state index in [0.29, 0.717) is 0 Å². The lowest BCUT2D eigenvalue weighted by Crippen LogP contribution is -1.98. The van der Waals surface area contributed by atoms with Gasteiger partial charge in [0, 0.05) is 24.7 Å². The number of thioether (sulfide) groups is 1. The Bertz CT molecular complexity index is 899. The Balaban J connectivity index is 1.35. The SMILES string of the molecule is c1ccc(CNc2nnc(SCc3cn4ccccc4n3)s2)cc1. The molecule has 7 heteroatoms. The molecule has 0 unspecified atom stereocenters. The molecule has 0 amide bonds. The average molecular weight is 353 g/mol. The molecule has 0 atom stereocenters. The Labute approximate surface area is 147 Å². The van der Waals surface area contributed by atoms with Gasteiger partial charge in [-0.15, -0.1) is 10.2 Å². The highest BCUT2D eigenvalue weighted by Gasteiger charge is 2.07. The number of benzene rings is 1. The van der Waals surface area contributed by atoms with Crippen LogP contribution in [0.15, 0.2) is 65.3 Å². The van der Waals surface area contributed by atoms with Crippen LogP contribution in [0, 0.1) is 0 Å². The fourth-order valence-electron chi connectivity index (χ4n) is 2.31. The maximum atomic E-state index is 4.59. The lowest BCUT2D eigenvalue weighted by Gasteiger charge is -2.00. The number of fused-ring (bicyclic) bond motifs is 1. The van der Waals surface area contributed by atoms with Crippen LogP contribution in [0.2, 0.25) is 0 Å². The van der Waals surface area contributed by atoms with Gasteiger partial charge in [0.2, 0.25) is 5.13 Å². The van der Waals surface area contributed by atoms with E-state index in [1.54, 1.807) is 23.1 Å². The summed E-state index contributed by atoms with van der Waals surface area (Å²) in [6, 6.07) is 16.3. The molecule has 3 aromatic heterocycles. The lowest BCUT2D eigenvalue weighted by atomic mass is 10.2. The molecule has 0 saturated heterocycles. The fraction of sp³-hybridized carbons (Fsp3) is 0.118. The molecule has 1 N–H and O–H groups in total. The van der Waals surface area contributed by atoms with Gasteiger partial charge < -0.3 is 9.72 Å². The molecule has 5 nitrogen and oxygen atoms in total. The van der Waals surface area contributed by atoms with E-state index in [2.05, 4.69) is 38.8 Å². The third kappa shape index (κ3) is 3.58. The highest BCUT2D eigenvalue weighted by molar-refractivity contribution is 8.00. The van der Waals surface area contributed by atoms with Crippen molar-refractivity contribution in [3.8, 4) is 0 Å². The van der Waals surface area contributed by atoms with Gasteiger partial charge >= 0.3 is 0 Å². The minimum absolute atomic E-state index is 0.757. The van der Waals surface area contributed by atoms with E-state index in [0.717, 1.165) is 33.1 Å². The zero-order chi connectivity index (χ0) is 16.2. The van der Waals surface area contributed by atoms with Crippen molar-refractivity contribution in [1.29, 1.82) is 0 Å². The molecule has 0 bridgehead atoms. The molecule has 0 aliphatic carbocycles. The molecular weight excluding hydrogens is 338 g/mol. The van der Waals surface area contributed by atoms with Crippen LogP contribution in [-0.4, -0.2) is 19.6 Å². The van der Waals surface area contributed by atoms with Crippen molar-refractivity contribution in [2.24, 2.45) is 0 Å². The number of imidazole rings is 1. The van der Waals surface area contributed by atoms with Gasteiger partial charge in [0.25, 0.3) is 0 Å². The minimum atomic E-state index is 0.757. The van der Waals surface area contributed by atoms with Crippen LogP contribution in [-0.2, 0) is 12.3 Å². The smallest absolute Gasteiger partial charge is 0.206 e. The Morgan fingerprint density at radius 3 is 2.79 bits per heavy atom. The molecule has 4 rings (SSSR count). The molecule has 0 saturated carbocycles. The minimum Gasteiger partial charge on any atom is -0.356 e. The molecule has 24 heavy (non-hydrogen) atoms. The fourth-order valence-corrected chi connectivity index (χ4v) is 3.94. The van der Waals surface area contributed by atoms with Crippen LogP contribution in [0.1, 0.15) is 11.3 Å². The van der Waals surface area contributed by atoms with Crippen molar-refractivity contribution in [1.82, 2.24) is 19.6 Å². The van der Waals surface area contributed by atoms with E-state index >= 15 is 0 Å². The Morgan fingerprint density at radius 2 is 1.92 bits per heavy atom. The third-order valence-corrected chi connectivity index (χ3v) is 5.50. The number of rotatable bonds is 6. The van der Waals surface area contributed by atoms with E-state index in [1.165, 1.54) is 5.56 Å². The van der Waals surface area contributed by atoms with Gasteiger partial charge in [-0.1, -0.05) is 59.5 Å². The second-order valence-electron chi connectivity index (χ2n) is 5.20. The van der Waals surface area contributed by atoms with Crippen LogP contribution < -0.4 is 5.32 Å². The van der Waals surface area contributed by atoms with Crippen LogP contribution in [0.3, 0.4) is 0 Å². The van der Waals surface area contributed by atoms with Crippen molar-refractivity contribution < 1.29 is 0 Å². The van der Waals surface area contributed by atoms with Crippen LogP contribution in [0.25, 0.3) is 5.65 Å². The number of aromatic nitrogens is 4. The molecule has 120 valence electrons. The molecule has 0 radical (unpaired) electrons. The standard InChI is InChI=1S/C17H15N5S2/c1-2-6-13(7-3-1)10-18-16-20-21-17(24-16)23-12-14-11-22-9-5-4-8-15(22)19-14/h1-9,11H,10,12H2,(H,18,20). The highest BCUT2D eigenvalue weighted by atomic mass is 32.2. The monoisotopic (exact) mass is 353 g/mol. The summed E-state index contributed by atoms with van der Waals surface area (Å²) in [5.41, 5.74) is 3.24. The van der Waals surface area contributed by atoms with Crippen molar-refractivity contribution in [2.75, 3.05) is 5.32 Å². The number of anilines is 1. The van der Waals surface area contributed by atoms with Crippen LogP contribution in [0.5, 0.6) is 0 Å². The maximum absolute atomic E-state index is 4.59. The summed E-state index contributed by atoms with van der Waals surface area (Å²) >= 11 is 3.23. The van der Waals surface area contributed by atoms with Gasteiger partial charge in [-0.25, -0.2) is 4.98 Å². The Morgan fingerprint density at radius 1 is 1.04 bits per heavy atom. The second kappa shape index (κ2) is 7.02. The topological polar surface area (TPSA) is 55.1 Å². The number of pyridine rings is 1. The lowest BCUT2D eigenvalue weighted by molar-refractivity contribution is 0.994. The third-order valence-electron chi connectivity index (χ3n) is 3.45. The van der Waals surface area contributed by atoms with Crippen molar-refractivity contribution in [3.05, 3.63) is 72.2 Å². The molecule has 4 aromatic rings. The summed E-state index contributed by atoms with van der Waals surface area (Å²) in [6.45, 7) is 0.757. The number of nitrogens with one attached hydrogen (secondary N) is 1. The molecule has 0 aliphatic heterocycles. The normalized spacial score (nSPS) is 11.0. The predicted molar refractivity (Wildman–Crippen MR) is 98.4 cm³/mol. The Kier molecular flexibility index (Phi) is 4.44. The summed E-state index contributed by atoms with van der Waals surface area (Å²) in [7, 11) is 0. The van der Waals surface area contributed by atoms with Crippen molar-refractivity contribution >= 4 is 33.9 Å². The number of hydrogen-bond donors (Lipinski definition) is 1. The average Bonchev–Trinajstić information content (AvgIpc) is 3.25. The zero-order valence-corrected chi connectivity index (χ0v) is 14.4. The van der Waals surface area contributed by atoms with Crippen LogP contribution in [0.4, 0.5) is 5.13 Å². The van der Waals surface area contributed by atoms with E-state index in [9.17, 15) is 0 Å². The summed E-state index contributed by atoms with van der Waals surface area (Å²) in [5, 5.41) is 12.6. The highest BCUT2D eigenvalue weighted by Crippen LogP contribution is 2.28. The van der Waals surface area contributed by atoms with Crippen molar-refractivity contribution in [3.63, 3.8) is 0 Å². The molecule has 0 aliphatic rings. The number of hydrogen-bond acceptors (Lipinski definition) is 6. The maximum Gasteiger partial charge on any atom is 0.206 e. The van der Waals surface area contributed by atoms with Gasteiger partial charge in [0.15, 0.2) is 4.34 Å². The second-order valence-corrected chi connectivity index (χ2v) is 7.40. The summed E-state index contributed by atoms with van der Waals surface area (Å²) in [4.78, 5) is 4.59. The van der Waals surface area contributed by atoms with E-state index < -0.39 is 0 Å². The van der Waals surface area contributed by atoms with Gasteiger partial charge in [0.1, 0.15) is 5.65 Å².